The average molecular weight is 245 g/mol. The van der Waals surface area contributed by atoms with E-state index in [2.05, 4.69) is 0 Å². The second-order valence-corrected chi connectivity index (χ2v) is 4.89. The Kier molecular flexibility index (Phi) is 9.09. The van der Waals surface area contributed by atoms with E-state index >= 15 is 0 Å². The van der Waals surface area contributed by atoms with Gasteiger partial charge in [0.05, 0.1) is 12.2 Å². The highest BCUT2D eigenvalue weighted by molar-refractivity contribution is 5.69. The van der Waals surface area contributed by atoms with Crippen molar-refractivity contribution in [3.05, 3.63) is 0 Å². The Morgan fingerprint density at radius 1 is 1.18 bits per heavy atom. The molecule has 0 aromatic carbocycles. The van der Waals surface area contributed by atoms with Crippen LogP contribution in [0.1, 0.15) is 52.4 Å². The first-order valence-electron chi connectivity index (χ1n) is 6.42. The van der Waals surface area contributed by atoms with Crippen LogP contribution in [0, 0.1) is 0 Å². The number of hydrogen-bond donors (Lipinski definition) is 1. The molecule has 0 spiro atoms. The minimum Gasteiger partial charge on any atom is -0.466 e. The van der Waals surface area contributed by atoms with E-state index in [4.69, 9.17) is 15.2 Å². The molecule has 0 unspecified atom stereocenters. The molecule has 0 aromatic rings. The van der Waals surface area contributed by atoms with Gasteiger partial charge in [-0.1, -0.05) is 12.8 Å². The molecule has 4 nitrogen and oxygen atoms in total. The summed E-state index contributed by atoms with van der Waals surface area (Å²) in [6.45, 7) is 5.13. The molecule has 0 aliphatic heterocycles. The molecule has 0 aliphatic rings. The highest BCUT2D eigenvalue weighted by Gasteiger charge is 2.16. The van der Waals surface area contributed by atoms with Crippen LogP contribution in [-0.4, -0.2) is 31.8 Å². The van der Waals surface area contributed by atoms with Gasteiger partial charge in [-0.05, 0) is 33.2 Å². The lowest BCUT2D eigenvalue weighted by atomic mass is 10.1. The summed E-state index contributed by atoms with van der Waals surface area (Å²) in [6.07, 6.45) is 5.32. The van der Waals surface area contributed by atoms with E-state index in [0.29, 0.717) is 13.0 Å². The standard InChI is InChI=1S/C13H27NO3/c1-13(2,16-3)9-11-17-12(15)8-6-4-5-7-10-14/h4-11,14H2,1-3H3. The number of esters is 1. The molecule has 102 valence electrons. The Balaban J connectivity index is 3.41. The van der Waals surface area contributed by atoms with Gasteiger partial charge in [-0.15, -0.1) is 0 Å². The number of carbonyl (C=O) groups is 1. The van der Waals surface area contributed by atoms with Gasteiger partial charge >= 0.3 is 5.97 Å². The van der Waals surface area contributed by atoms with Gasteiger partial charge in [0.15, 0.2) is 0 Å². The Morgan fingerprint density at radius 3 is 2.41 bits per heavy atom. The van der Waals surface area contributed by atoms with Gasteiger partial charge in [0.1, 0.15) is 0 Å². The van der Waals surface area contributed by atoms with Gasteiger partial charge in [0.2, 0.25) is 0 Å². The van der Waals surface area contributed by atoms with E-state index in [1.54, 1.807) is 7.11 Å². The van der Waals surface area contributed by atoms with Crippen LogP contribution in [0.2, 0.25) is 0 Å². The van der Waals surface area contributed by atoms with Crippen LogP contribution in [0.5, 0.6) is 0 Å². The Hall–Kier alpha value is -0.610. The maximum Gasteiger partial charge on any atom is 0.305 e. The predicted molar refractivity (Wildman–Crippen MR) is 68.8 cm³/mol. The van der Waals surface area contributed by atoms with Gasteiger partial charge in [0.25, 0.3) is 0 Å². The van der Waals surface area contributed by atoms with Crippen molar-refractivity contribution in [2.45, 2.75) is 58.0 Å². The lowest BCUT2D eigenvalue weighted by molar-refractivity contribution is -0.145. The molecule has 0 heterocycles. The molecule has 0 bridgehead atoms. The van der Waals surface area contributed by atoms with Crippen molar-refractivity contribution >= 4 is 5.97 Å². The molecule has 0 amide bonds. The Labute approximate surface area is 105 Å². The molecular formula is C13H27NO3. The van der Waals surface area contributed by atoms with Crippen LogP contribution in [0.25, 0.3) is 0 Å². The third-order valence-electron chi connectivity index (χ3n) is 2.85. The first kappa shape index (κ1) is 16.4. The van der Waals surface area contributed by atoms with Crippen molar-refractivity contribution in [3.63, 3.8) is 0 Å². The van der Waals surface area contributed by atoms with Crippen molar-refractivity contribution in [1.82, 2.24) is 0 Å². The minimum atomic E-state index is -0.221. The van der Waals surface area contributed by atoms with E-state index < -0.39 is 0 Å². The molecule has 2 N–H and O–H groups in total. The van der Waals surface area contributed by atoms with Gasteiger partial charge in [-0.2, -0.15) is 0 Å². The minimum absolute atomic E-state index is 0.107. The third-order valence-corrected chi connectivity index (χ3v) is 2.85. The quantitative estimate of drug-likeness (QED) is 0.473. The zero-order chi connectivity index (χ0) is 13.1. The second-order valence-electron chi connectivity index (χ2n) is 4.89. The monoisotopic (exact) mass is 245 g/mol. The van der Waals surface area contributed by atoms with Crippen LogP contribution in [0.3, 0.4) is 0 Å². The Morgan fingerprint density at radius 2 is 1.82 bits per heavy atom. The summed E-state index contributed by atoms with van der Waals surface area (Å²) in [5.74, 6) is -0.107. The summed E-state index contributed by atoms with van der Waals surface area (Å²) in [5, 5.41) is 0. The average Bonchev–Trinajstić information content (AvgIpc) is 2.28. The third kappa shape index (κ3) is 10.3. The van der Waals surface area contributed by atoms with Crippen molar-refractivity contribution in [3.8, 4) is 0 Å². The zero-order valence-electron chi connectivity index (χ0n) is 11.5. The molecule has 0 fully saturated rings. The zero-order valence-corrected chi connectivity index (χ0v) is 11.5. The number of rotatable bonds is 10. The number of ether oxygens (including phenoxy) is 2. The van der Waals surface area contributed by atoms with Crippen molar-refractivity contribution < 1.29 is 14.3 Å². The molecule has 4 heteroatoms. The molecule has 0 saturated heterocycles. The van der Waals surface area contributed by atoms with Crippen molar-refractivity contribution in [2.24, 2.45) is 5.73 Å². The summed E-state index contributed by atoms with van der Waals surface area (Å²) in [4.78, 5) is 11.4. The maximum absolute atomic E-state index is 11.4. The van der Waals surface area contributed by atoms with Crippen LogP contribution in [0.4, 0.5) is 0 Å². The summed E-state index contributed by atoms with van der Waals surface area (Å²) in [5.41, 5.74) is 5.17. The van der Waals surface area contributed by atoms with E-state index in [9.17, 15) is 4.79 Å². The van der Waals surface area contributed by atoms with E-state index in [1.165, 1.54) is 0 Å². The molecule has 0 aromatic heterocycles. The normalized spacial score (nSPS) is 11.5. The maximum atomic E-state index is 11.4. The molecule has 17 heavy (non-hydrogen) atoms. The largest absolute Gasteiger partial charge is 0.466 e. The van der Waals surface area contributed by atoms with Crippen LogP contribution in [0.15, 0.2) is 0 Å². The fourth-order valence-electron chi connectivity index (χ4n) is 1.35. The van der Waals surface area contributed by atoms with Crippen LogP contribution in [-0.2, 0) is 14.3 Å². The van der Waals surface area contributed by atoms with Crippen LogP contribution >= 0.6 is 0 Å². The number of hydrogen-bond acceptors (Lipinski definition) is 4. The first-order chi connectivity index (χ1) is 8.02. The smallest absolute Gasteiger partial charge is 0.305 e. The fraction of sp³-hybridized carbons (Fsp3) is 0.923. The summed E-state index contributed by atoms with van der Waals surface area (Å²) < 4.78 is 10.4. The second kappa shape index (κ2) is 9.42. The van der Waals surface area contributed by atoms with Gasteiger partial charge in [0, 0.05) is 20.0 Å². The topological polar surface area (TPSA) is 61.5 Å². The lowest BCUT2D eigenvalue weighted by Gasteiger charge is -2.22. The molecule has 0 atom stereocenters. The highest BCUT2D eigenvalue weighted by Crippen LogP contribution is 2.13. The number of unbranched alkanes of at least 4 members (excludes halogenated alkanes) is 3. The van der Waals surface area contributed by atoms with E-state index in [-0.39, 0.29) is 11.6 Å². The summed E-state index contributed by atoms with van der Waals surface area (Å²) in [6, 6.07) is 0. The summed E-state index contributed by atoms with van der Waals surface area (Å²) in [7, 11) is 1.67. The van der Waals surface area contributed by atoms with Crippen molar-refractivity contribution in [1.29, 1.82) is 0 Å². The molecule has 0 saturated carbocycles. The van der Waals surface area contributed by atoms with Crippen LogP contribution < -0.4 is 5.73 Å². The molecule has 0 aliphatic carbocycles. The van der Waals surface area contributed by atoms with Gasteiger partial charge < -0.3 is 15.2 Å². The molecule has 0 rings (SSSR count). The Bertz CT molecular complexity index is 205. The molecule has 0 radical (unpaired) electrons. The number of carbonyl (C=O) groups excluding carboxylic acids is 1. The SMILES string of the molecule is COC(C)(C)CCOC(=O)CCCCCCN. The fourth-order valence-corrected chi connectivity index (χ4v) is 1.35. The summed E-state index contributed by atoms with van der Waals surface area (Å²) >= 11 is 0. The van der Waals surface area contributed by atoms with Gasteiger partial charge in [-0.25, -0.2) is 0 Å². The number of methoxy groups -OCH3 is 1. The highest BCUT2D eigenvalue weighted by atomic mass is 16.5. The first-order valence-corrected chi connectivity index (χ1v) is 6.42. The number of nitrogens with two attached hydrogens (primary N) is 1. The van der Waals surface area contributed by atoms with E-state index in [1.807, 2.05) is 13.8 Å². The van der Waals surface area contributed by atoms with Gasteiger partial charge in [-0.3, -0.25) is 4.79 Å². The lowest BCUT2D eigenvalue weighted by Crippen LogP contribution is -2.25. The van der Waals surface area contributed by atoms with Crippen molar-refractivity contribution in [2.75, 3.05) is 20.3 Å². The molecular weight excluding hydrogens is 218 g/mol. The van der Waals surface area contributed by atoms with E-state index in [0.717, 1.165) is 38.6 Å². The predicted octanol–water partition coefficient (Wildman–Crippen LogP) is 2.25.